The van der Waals surface area contributed by atoms with Gasteiger partial charge in [0.25, 0.3) is 5.91 Å². The second-order valence-corrected chi connectivity index (χ2v) is 8.17. The molecule has 0 unspecified atom stereocenters. The fraction of sp³-hybridized carbons (Fsp3) is 0.294. The van der Waals surface area contributed by atoms with Crippen molar-refractivity contribution in [3.05, 3.63) is 46.6 Å². The number of esters is 1. The maximum absolute atomic E-state index is 14.2. The predicted molar refractivity (Wildman–Crippen MR) is 100 cm³/mol. The zero-order valence-corrected chi connectivity index (χ0v) is 16.6. The number of hydrogen-bond acceptors (Lipinski definition) is 6. The first-order chi connectivity index (χ1) is 12.8. The van der Waals surface area contributed by atoms with E-state index in [1.165, 1.54) is 19.2 Å². The zero-order chi connectivity index (χ0) is 20.2. The SMILES string of the molecule is CCN(CC)S(=O)(=O)c1cc(C(=O)Nc2sccc2C(=O)OC)ccc1F. The van der Waals surface area contributed by atoms with Gasteiger partial charge < -0.3 is 10.1 Å². The molecule has 0 radical (unpaired) electrons. The summed E-state index contributed by atoms with van der Waals surface area (Å²) in [7, 11) is -2.85. The van der Waals surface area contributed by atoms with Crippen LogP contribution >= 0.6 is 11.3 Å². The van der Waals surface area contributed by atoms with Gasteiger partial charge >= 0.3 is 5.97 Å². The van der Waals surface area contributed by atoms with Crippen LogP contribution in [0.3, 0.4) is 0 Å². The molecule has 0 saturated carbocycles. The van der Waals surface area contributed by atoms with E-state index >= 15 is 0 Å². The highest BCUT2D eigenvalue weighted by molar-refractivity contribution is 7.89. The van der Waals surface area contributed by atoms with Gasteiger partial charge in [-0.05, 0) is 29.6 Å². The Labute approximate surface area is 160 Å². The second-order valence-electron chi connectivity index (χ2n) is 5.34. The smallest absolute Gasteiger partial charge is 0.340 e. The summed E-state index contributed by atoms with van der Waals surface area (Å²) >= 11 is 1.11. The molecule has 1 amide bonds. The molecule has 0 atom stereocenters. The Morgan fingerprint density at radius 2 is 1.89 bits per heavy atom. The molecule has 1 N–H and O–H groups in total. The van der Waals surface area contributed by atoms with E-state index in [1.54, 1.807) is 19.2 Å². The molecule has 146 valence electrons. The molecule has 1 aromatic heterocycles. The number of methoxy groups -OCH3 is 1. The van der Waals surface area contributed by atoms with E-state index in [2.05, 4.69) is 10.1 Å². The quantitative estimate of drug-likeness (QED) is 0.703. The Kier molecular flexibility index (Phi) is 6.68. The van der Waals surface area contributed by atoms with Crippen molar-refractivity contribution in [1.82, 2.24) is 4.31 Å². The monoisotopic (exact) mass is 414 g/mol. The van der Waals surface area contributed by atoms with Gasteiger partial charge in [0.2, 0.25) is 10.0 Å². The Balaban J connectivity index is 2.37. The lowest BCUT2D eigenvalue weighted by atomic mass is 10.2. The van der Waals surface area contributed by atoms with E-state index < -0.39 is 32.6 Å². The third-order valence-electron chi connectivity index (χ3n) is 3.81. The standard InChI is InChI=1S/C17H19FN2O5S2/c1-4-20(5-2)27(23,24)14-10-11(6-7-13(14)18)15(21)19-16-12(8-9-26-16)17(22)25-3/h6-10H,4-5H2,1-3H3,(H,19,21). The van der Waals surface area contributed by atoms with E-state index in [0.717, 1.165) is 27.8 Å². The Morgan fingerprint density at radius 1 is 1.22 bits per heavy atom. The first-order valence-corrected chi connectivity index (χ1v) is 10.3. The molecule has 0 saturated heterocycles. The number of ether oxygens (including phenoxy) is 1. The Hall–Kier alpha value is -2.30. The minimum Gasteiger partial charge on any atom is -0.465 e. The predicted octanol–water partition coefficient (Wildman–Crippen LogP) is 2.96. The van der Waals surface area contributed by atoms with E-state index in [1.807, 2.05) is 0 Å². The van der Waals surface area contributed by atoms with E-state index in [0.29, 0.717) is 0 Å². The summed E-state index contributed by atoms with van der Waals surface area (Å²) in [5, 5.41) is 4.38. The van der Waals surface area contributed by atoms with Crippen LogP contribution in [-0.4, -0.2) is 44.8 Å². The molecule has 0 bridgehead atoms. The summed E-state index contributed by atoms with van der Waals surface area (Å²) < 4.78 is 45.1. The summed E-state index contributed by atoms with van der Waals surface area (Å²) in [6, 6.07) is 4.59. The van der Waals surface area contributed by atoms with Crippen LogP contribution in [0.25, 0.3) is 0 Å². The second kappa shape index (κ2) is 8.59. The fourth-order valence-electron chi connectivity index (χ4n) is 2.40. The highest BCUT2D eigenvalue weighted by atomic mass is 32.2. The number of thiophene rings is 1. The molecular weight excluding hydrogens is 395 g/mol. The van der Waals surface area contributed by atoms with Gasteiger partial charge in [0.05, 0.1) is 12.7 Å². The molecule has 0 spiro atoms. The van der Waals surface area contributed by atoms with E-state index in [9.17, 15) is 22.4 Å². The van der Waals surface area contributed by atoms with Gasteiger partial charge in [-0.25, -0.2) is 17.6 Å². The number of rotatable bonds is 7. The van der Waals surface area contributed by atoms with Crippen molar-refractivity contribution in [3.8, 4) is 0 Å². The first kappa shape index (κ1) is 21.0. The minimum absolute atomic E-state index is 0.0497. The van der Waals surface area contributed by atoms with Gasteiger partial charge in [-0.1, -0.05) is 13.8 Å². The van der Waals surface area contributed by atoms with Gasteiger partial charge in [0.1, 0.15) is 15.7 Å². The lowest BCUT2D eigenvalue weighted by Crippen LogP contribution is -2.31. The highest BCUT2D eigenvalue weighted by Gasteiger charge is 2.26. The Bertz CT molecular complexity index is 952. The van der Waals surface area contributed by atoms with Crippen molar-refractivity contribution in [2.24, 2.45) is 0 Å². The van der Waals surface area contributed by atoms with Crippen LogP contribution < -0.4 is 5.32 Å². The van der Waals surface area contributed by atoms with Crippen LogP contribution in [0.2, 0.25) is 0 Å². The molecule has 1 aromatic carbocycles. The molecule has 0 aliphatic heterocycles. The number of carbonyl (C=O) groups excluding carboxylic acids is 2. The summed E-state index contributed by atoms with van der Waals surface area (Å²) in [6.07, 6.45) is 0. The van der Waals surface area contributed by atoms with Gasteiger partial charge in [-0.15, -0.1) is 11.3 Å². The van der Waals surface area contributed by atoms with Gasteiger partial charge in [0, 0.05) is 18.7 Å². The fourth-order valence-corrected chi connectivity index (χ4v) is 4.72. The van der Waals surface area contributed by atoms with Crippen LogP contribution in [-0.2, 0) is 14.8 Å². The topological polar surface area (TPSA) is 92.8 Å². The molecule has 0 aliphatic rings. The highest BCUT2D eigenvalue weighted by Crippen LogP contribution is 2.26. The summed E-state index contributed by atoms with van der Waals surface area (Å²) in [5.74, 6) is -2.22. The molecule has 2 rings (SSSR count). The number of carbonyl (C=O) groups is 2. The average Bonchev–Trinajstić information content (AvgIpc) is 3.10. The van der Waals surface area contributed by atoms with Gasteiger partial charge in [0.15, 0.2) is 0 Å². The van der Waals surface area contributed by atoms with Crippen LogP contribution in [0.15, 0.2) is 34.5 Å². The maximum atomic E-state index is 14.2. The van der Waals surface area contributed by atoms with Crippen LogP contribution in [0.4, 0.5) is 9.39 Å². The average molecular weight is 414 g/mol. The number of nitrogens with zero attached hydrogens (tertiary/aromatic N) is 1. The Morgan fingerprint density at radius 3 is 2.48 bits per heavy atom. The molecule has 7 nitrogen and oxygen atoms in total. The molecule has 1 heterocycles. The van der Waals surface area contributed by atoms with E-state index in [4.69, 9.17) is 0 Å². The lowest BCUT2D eigenvalue weighted by Gasteiger charge is -2.19. The van der Waals surface area contributed by atoms with Crippen LogP contribution in [0.5, 0.6) is 0 Å². The van der Waals surface area contributed by atoms with Crippen molar-refractivity contribution in [1.29, 1.82) is 0 Å². The van der Waals surface area contributed by atoms with Crippen molar-refractivity contribution >= 4 is 38.2 Å². The molecule has 27 heavy (non-hydrogen) atoms. The number of anilines is 1. The summed E-state index contributed by atoms with van der Waals surface area (Å²) in [4.78, 5) is 23.6. The number of benzene rings is 1. The molecule has 0 aliphatic carbocycles. The van der Waals surface area contributed by atoms with Crippen molar-refractivity contribution in [3.63, 3.8) is 0 Å². The minimum atomic E-state index is -4.07. The van der Waals surface area contributed by atoms with Crippen molar-refractivity contribution in [2.75, 3.05) is 25.5 Å². The third-order valence-corrected chi connectivity index (χ3v) is 6.71. The van der Waals surface area contributed by atoms with Crippen LogP contribution in [0.1, 0.15) is 34.6 Å². The third kappa shape index (κ3) is 4.34. The number of sulfonamides is 1. The first-order valence-electron chi connectivity index (χ1n) is 8.03. The molecule has 2 aromatic rings. The lowest BCUT2D eigenvalue weighted by molar-refractivity contribution is 0.0602. The van der Waals surface area contributed by atoms with Crippen molar-refractivity contribution < 1.29 is 27.1 Å². The van der Waals surface area contributed by atoms with Gasteiger partial charge in [-0.2, -0.15) is 4.31 Å². The van der Waals surface area contributed by atoms with Crippen molar-refractivity contribution in [2.45, 2.75) is 18.7 Å². The molecule has 0 fully saturated rings. The maximum Gasteiger partial charge on any atom is 0.340 e. The summed E-state index contributed by atoms with van der Waals surface area (Å²) in [5.41, 5.74) is 0.125. The summed E-state index contributed by atoms with van der Waals surface area (Å²) in [6.45, 7) is 3.63. The largest absolute Gasteiger partial charge is 0.465 e. The number of amides is 1. The van der Waals surface area contributed by atoms with Gasteiger partial charge in [-0.3, -0.25) is 4.79 Å². The normalized spacial score (nSPS) is 11.4. The molecule has 10 heteroatoms. The number of hydrogen-bond donors (Lipinski definition) is 1. The number of nitrogens with one attached hydrogen (secondary N) is 1. The van der Waals surface area contributed by atoms with Crippen LogP contribution in [0, 0.1) is 5.82 Å². The number of halogens is 1. The van der Waals surface area contributed by atoms with E-state index in [-0.39, 0.29) is 29.2 Å². The zero-order valence-electron chi connectivity index (χ0n) is 15.0. The molecular formula is C17H19FN2O5S2.